The van der Waals surface area contributed by atoms with Gasteiger partial charge in [-0.15, -0.1) is 11.3 Å². The molecule has 8 heteroatoms. The monoisotopic (exact) mass is 373 g/mol. The van der Waals surface area contributed by atoms with Crippen LogP contribution in [0.25, 0.3) is 10.2 Å². The van der Waals surface area contributed by atoms with Crippen molar-refractivity contribution in [3.8, 4) is 0 Å². The fourth-order valence-electron chi connectivity index (χ4n) is 2.48. The molecular weight excluding hydrogens is 357 g/mol. The number of nitrogens with zero attached hydrogens (tertiary/aromatic N) is 3. The third-order valence-electron chi connectivity index (χ3n) is 3.76. The van der Waals surface area contributed by atoms with E-state index in [0.717, 1.165) is 11.3 Å². The summed E-state index contributed by atoms with van der Waals surface area (Å²) >= 11 is 1.13. The van der Waals surface area contributed by atoms with Gasteiger partial charge in [0, 0.05) is 0 Å². The van der Waals surface area contributed by atoms with E-state index in [1.807, 2.05) is 0 Å². The number of ether oxygens (including phenoxy) is 1. The molecule has 0 atom stereocenters. The van der Waals surface area contributed by atoms with Crippen molar-refractivity contribution in [1.29, 1.82) is 0 Å². The number of carbonyl (C=O) groups is 1. The number of fused-ring (bicyclic) bond motifs is 1. The van der Waals surface area contributed by atoms with Crippen molar-refractivity contribution in [2.45, 2.75) is 20.8 Å². The SMILES string of the molecule is CCOC(=O)c1sc2nc(C)n(/N=C\c3ccc(F)cc3)c(=O)c2c1C. The van der Waals surface area contributed by atoms with Crippen LogP contribution < -0.4 is 5.56 Å². The molecule has 0 saturated heterocycles. The average Bonchev–Trinajstić information content (AvgIpc) is 2.93. The van der Waals surface area contributed by atoms with Gasteiger partial charge in [-0.2, -0.15) is 9.78 Å². The van der Waals surface area contributed by atoms with Crippen LogP contribution in [0.15, 0.2) is 34.2 Å². The summed E-state index contributed by atoms with van der Waals surface area (Å²) in [7, 11) is 0. The molecule has 0 fully saturated rings. The van der Waals surface area contributed by atoms with E-state index in [1.54, 1.807) is 32.9 Å². The number of esters is 1. The molecule has 0 spiro atoms. The lowest BCUT2D eigenvalue weighted by molar-refractivity contribution is 0.0531. The highest BCUT2D eigenvalue weighted by molar-refractivity contribution is 7.20. The molecule has 0 N–H and O–H groups in total. The quantitative estimate of drug-likeness (QED) is 0.520. The van der Waals surface area contributed by atoms with Gasteiger partial charge in [-0.3, -0.25) is 4.79 Å². The van der Waals surface area contributed by atoms with Gasteiger partial charge in [0.2, 0.25) is 0 Å². The Kier molecular flexibility index (Phi) is 4.94. The maximum atomic E-state index is 13.0. The molecular formula is C18H16FN3O3S. The summed E-state index contributed by atoms with van der Waals surface area (Å²) < 4.78 is 19.2. The zero-order valence-corrected chi connectivity index (χ0v) is 15.3. The second-order valence-electron chi connectivity index (χ2n) is 5.53. The van der Waals surface area contributed by atoms with E-state index in [0.29, 0.717) is 32.0 Å². The Morgan fingerprint density at radius 2 is 2.04 bits per heavy atom. The second-order valence-corrected chi connectivity index (χ2v) is 6.53. The molecule has 3 rings (SSSR count). The normalized spacial score (nSPS) is 11.4. The van der Waals surface area contributed by atoms with E-state index >= 15 is 0 Å². The van der Waals surface area contributed by atoms with E-state index in [2.05, 4.69) is 10.1 Å². The molecule has 26 heavy (non-hydrogen) atoms. The fraction of sp³-hybridized carbons (Fsp3) is 0.222. The first-order valence-corrected chi connectivity index (χ1v) is 8.73. The van der Waals surface area contributed by atoms with Crippen LogP contribution in [0.4, 0.5) is 4.39 Å². The van der Waals surface area contributed by atoms with Gasteiger partial charge in [-0.1, -0.05) is 12.1 Å². The Bertz CT molecular complexity index is 1070. The van der Waals surface area contributed by atoms with Crippen molar-refractivity contribution < 1.29 is 13.9 Å². The molecule has 6 nitrogen and oxygen atoms in total. The number of hydrogen-bond acceptors (Lipinski definition) is 6. The molecule has 0 unspecified atom stereocenters. The summed E-state index contributed by atoms with van der Waals surface area (Å²) in [5.41, 5.74) is 0.814. The van der Waals surface area contributed by atoms with Crippen LogP contribution in [0.3, 0.4) is 0 Å². The molecule has 134 valence electrons. The highest BCUT2D eigenvalue weighted by Gasteiger charge is 2.21. The van der Waals surface area contributed by atoms with Crippen molar-refractivity contribution in [3.63, 3.8) is 0 Å². The Labute approximate surface area is 152 Å². The van der Waals surface area contributed by atoms with E-state index in [1.165, 1.54) is 23.0 Å². The first-order chi connectivity index (χ1) is 12.4. The van der Waals surface area contributed by atoms with Gasteiger partial charge in [0.1, 0.15) is 21.3 Å². The number of thiophene rings is 1. The molecule has 0 bridgehead atoms. The lowest BCUT2D eigenvalue weighted by Crippen LogP contribution is -2.20. The molecule has 3 aromatic rings. The van der Waals surface area contributed by atoms with Crippen LogP contribution in [-0.2, 0) is 4.74 Å². The zero-order chi connectivity index (χ0) is 18.8. The molecule has 0 aliphatic heterocycles. The summed E-state index contributed by atoms with van der Waals surface area (Å²) in [6.45, 7) is 5.32. The van der Waals surface area contributed by atoms with E-state index in [4.69, 9.17) is 4.74 Å². The zero-order valence-electron chi connectivity index (χ0n) is 14.4. The van der Waals surface area contributed by atoms with Crippen molar-refractivity contribution in [2.24, 2.45) is 5.10 Å². The third-order valence-corrected chi connectivity index (χ3v) is 4.92. The van der Waals surface area contributed by atoms with E-state index in [9.17, 15) is 14.0 Å². The van der Waals surface area contributed by atoms with Gasteiger partial charge in [0.05, 0.1) is 18.2 Å². The molecule has 0 saturated carbocycles. The summed E-state index contributed by atoms with van der Waals surface area (Å²) in [5, 5.41) is 4.52. The summed E-state index contributed by atoms with van der Waals surface area (Å²) in [6, 6.07) is 5.74. The number of halogens is 1. The summed E-state index contributed by atoms with van der Waals surface area (Å²) in [5.74, 6) is -0.428. The third kappa shape index (κ3) is 3.28. The molecule has 0 aliphatic rings. The lowest BCUT2D eigenvalue weighted by Gasteiger charge is -2.03. The van der Waals surface area contributed by atoms with Gasteiger partial charge in [-0.05, 0) is 44.0 Å². The number of carbonyl (C=O) groups excluding carboxylic acids is 1. The number of aromatic nitrogens is 2. The minimum Gasteiger partial charge on any atom is -0.462 e. The number of benzene rings is 1. The Hall–Kier alpha value is -2.87. The molecule has 0 radical (unpaired) electrons. The lowest BCUT2D eigenvalue weighted by atomic mass is 10.2. The predicted octanol–water partition coefficient (Wildman–Crippen LogP) is 3.27. The minimum atomic E-state index is -0.466. The summed E-state index contributed by atoms with van der Waals surface area (Å²) in [6.07, 6.45) is 1.45. The molecule has 2 aromatic heterocycles. The van der Waals surface area contributed by atoms with Crippen LogP contribution in [0.5, 0.6) is 0 Å². The van der Waals surface area contributed by atoms with Crippen LogP contribution >= 0.6 is 11.3 Å². The first kappa shape index (κ1) is 17.9. The average molecular weight is 373 g/mol. The summed E-state index contributed by atoms with van der Waals surface area (Å²) in [4.78, 5) is 30.1. The second kappa shape index (κ2) is 7.17. The topological polar surface area (TPSA) is 73.5 Å². The molecule has 1 aromatic carbocycles. The standard InChI is InChI=1S/C18H16FN3O3S/c1-4-25-18(24)15-10(2)14-16(26-15)21-11(3)22(17(14)23)20-9-12-5-7-13(19)8-6-12/h5-9H,4H2,1-3H3/b20-9-. The van der Waals surface area contributed by atoms with Gasteiger partial charge < -0.3 is 4.74 Å². The van der Waals surface area contributed by atoms with Crippen molar-refractivity contribution in [2.75, 3.05) is 6.61 Å². The van der Waals surface area contributed by atoms with Crippen molar-refractivity contribution >= 4 is 33.7 Å². The van der Waals surface area contributed by atoms with E-state index in [-0.39, 0.29) is 18.0 Å². The van der Waals surface area contributed by atoms with Gasteiger partial charge in [0.25, 0.3) is 5.56 Å². The number of rotatable bonds is 4. The van der Waals surface area contributed by atoms with Crippen LogP contribution in [0.2, 0.25) is 0 Å². The van der Waals surface area contributed by atoms with Crippen molar-refractivity contribution in [3.05, 3.63) is 62.3 Å². The van der Waals surface area contributed by atoms with Crippen LogP contribution in [0, 0.1) is 19.7 Å². The molecule has 0 aliphatic carbocycles. The predicted molar refractivity (Wildman–Crippen MR) is 98.7 cm³/mol. The fourth-order valence-corrected chi connectivity index (χ4v) is 3.59. The smallest absolute Gasteiger partial charge is 0.348 e. The largest absolute Gasteiger partial charge is 0.462 e. The highest BCUT2D eigenvalue weighted by Crippen LogP contribution is 2.28. The maximum Gasteiger partial charge on any atom is 0.348 e. The Morgan fingerprint density at radius 1 is 1.35 bits per heavy atom. The van der Waals surface area contributed by atoms with Gasteiger partial charge in [0.15, 0.2) is 0 Å². The van der Waals surface area contributed by atoms with Gasteiger partial charge in [-0.25, -0.2) is 14.2 Å². The maximum absolute atomic E-state index is 13.0. The molecule has 0 amide bonds. The Balaban J connectivity index is 2.09. The first-order valence-electron chi connectivity index (χ1n) is 7.92. The highest BCUT2D eigenvalue weighted by atomic mass is 32.1. The molecule has 2 heterocycles. The van der Waals surface area contributed by atoms with Crippen LogP contribution in [0.1, 0.15) is 33.5 Å². The van der Waals surface area contributed by atoms with E-state index < -0.39 is 5.97 Å². The van der Waals surface area contributed by atoms with Crippen molar-refractivity contribution in [1.82, 2.24) is 9.66 Å². The van der Waals surface area contributed by atoms with Gasteiger partial charge >= 0.3 is 5.97 Å². The number of hydrogen-bond donors (Lipinski definition) is 0. The Morgan fingerprint density at radius 3 is 2.69 bits per heavy atom. The minimum absolute atomic E-state index is 0.255. The number of aryl methyl sites for hydroxylation is 2. The van der Waals surface area contributed by atoms with Crippen LogP contribution in [-0.4, -0.2) is 28.5 Å².